The second-order valence-electron chi connectivity index (χ2n) is 10.0. The van der Waals surface area contributed by atoms with Crippen LogP contribution in [-0.2, 0) is 4.74 Å². The molecule has 3 aromatic rings. The van der Waals surface area contributed by atoms with Crippen LogP contribution in [0.1, 0.15) is 57.2 Å². The Balaban J connectivity index is 1.40. The summed E-state index contributed by atoms with van der Waals surface area (Å²) in [6.07, 6.45) is 4.26. The minimum Gasteiger partial charge on any atom is -0.343 e. The molecule has 0 saturated carbocycles. The van der Waals surface area contributed by atoms with E-state index in [0.29, 0.717) is 28.0 Å². The number of benzene rings is 2. The van der Waals surface area contributed by atoms with Crippen LogP contribution >= 0.6 is 23.2 Å². The predicted molar refractivity (Wildman–Crippen MR) is 149 cm³/mol. The van der Waals surface area contributed by atoms with Gasteiger partial charge in [-0.05, 0) is 75.9 Å². The van der Waals surface area contributed by atoms with Gasteiger partial charge in [-0.1, -0.05) is 41.4 Å². The molecule has 5 atom stereocenters. The largest absolute Gasteiger partial charge is 0.343 e. The number of aromatic nitrogens is 2. The molecule has 0 radical (unpaired) electrons. The van der Waals surface area contributed by atoms with Crippen molar-refractivity contribution in [2.75, 3.05) is 25.0 Å². The van der Waals surface area contributed by atoms with Crippen LogP contribution in [0.25, 0.3) is 11.0 Å². The highest BCUT2D eigenvalue weighted by Crippen LogP contribution is 2.36. The van der Waals surface area contributed by atoms with E-state index in [4.69, 9.17) is 38.2 Å². The minimum atomic E-state index is -0.320. The van der Waals surface area contributed by atoms with Crippen LogP contribution < -0.4 is 10.6 Å². The monoisotopic (exact) mass is 540 g/mol. The van der Waals surface area contributed by atoms with Crippen LogP contribution in [0.15, 0.2) is 42.5 Å². The number of fused-ring (bicyclic) bond motifs is 1. The number of ether oxygens (including phenoxy) is 1. The zero-order chi connectivity index (χ0) is 25.9. The van der Waals surface area contributed by atoms with Crippen LogP contribution in [0, 0.1) is 11.3 Å². The topological polar surface area (TPSA) is 78.1 Å². The number of rotatable bonds is 8. The average molecular weight is 542 g/mol. The summed E-state index contributed by atoms with van der Waals surface area (Å²) in [5, 5.41) is 17.8. The fourth-order valence-electron chi connectivity index (χ4n) is 6.05. The van der Waals surface area contributed by atoms with Crippen LogP contribution in [0.4, 0.5) is 5.95 Å². The van der Waals surface area contributed by atoms with E-state index in [2.05, 4.69) is 39.2 Å². The fraction of sp³-hybridized carbons (Fsp3) is 0.500. The Kier molecular flexibility index (Phi) is 8.23. The zero-order valence-corrected chi connectivity index (χ0v) is 22.8. The SMILES string of the molecule is CC(C1NCCC1c1ccc(Cl)c(Cl)c1)N1CCCCC1Nc1nc2ccccc2n1C(C)OCC#N. The van der Waals surface area contributed by atoms with Crippen LogP contribution in [0.3, 0.4) is 0 Å². The van der Waals surface area contributed by atoms with Crippen molar-refractivity contribution in [2.24, 2.45) is 0 Å². The molecule has 7 nitrogen and oxygen atoms in total. The van der Waals surface area contributed by atoms with Gasteiger partial charge in [0.2, 0.25) is 5.95 Å². The molecule has 0 aliphatic carbocycles. The van der Waals surface area contributed by atoms with E-state index in [1.165, 1.54) is 12.0 Å². The lowest BCUT2D eigenvalue weighted by molar-refractivity contribution is 0.0409. The maximum absolute atomic E-state index is 9.05. The lowest BCUT2D eigenvalue weighted by Gasteiger charge is -2.43. The Morgan fingerprint density at radius 1 is 1.16 bits per heavy atom. The summed E-state index contributed by atoms with van der Waals surface area (Å²) in [5.74, 6) is 1.15. The molecule has 2 fully saturated rings. The van der Waals surface area contributed by atoms with Gasteiger partial charge in [-0.25, -0.2) is 4.98 Å². The summed E-state index contributed by atoms with van der Waals surface area (Å²) in [4.78, 5) is 7.51. The maximum Gasteiger partial charge on any atom is 0.207 e. The number of para-hydroxylation sites is 2. The Hall–Kier alpha value is -2.34. The third-order valence-corrected chi connectivity index (χ3v) is 8.61. The highest BCUT2D eigenvalue weighted by molar-refractivity contribution is 6.42. The van der Waals surface area contributed by atoms with Gasteiger partial charge in [0, 0.05) is 24.5 Å². The normalized spacial score (nSPS) is 24.1. The van der Waals surface area contributed by atoms with Gasteiger partial charge in [0.1, 0.15) is 12.8 Å². The fourth-order valence-corrected chi connectivity index (χ4v) is 6.36. The quantitative estimate of drug-likeness (QED) is 0.356. The molecule has 2 aliphatic rings. The molecule has 37 heavy (non-hydrogen) atoms. The molecule has 3 heterocycles. The third-order valence-electron chi connectivity index (χ3n) is 7.87. The highest BCUT2D eigenvalue weighted by Gasteiger charge is 2.38. The Bertz CT molecular complexity index is 1270. The minimum absolute atomic E-state index is 0.0309. The van der Waals surface area contributed by atoms with Crippen LogP contribution in [-0.4, -0.2) is 52.4 Å². The molecular weight excluding hydrogens is 507 g/mol. The molecule has 1 aromatic heterocycles. The molecule has 196 valence electrons. The van der Waals surface area contributed by atoms with Crippen molar-refractivity contribution in [3.05, 3.63) is 58.1 Å². The number of nitriles is 1. The van der Waals surface area contributed by atoms with Crippen molar-refractivity contribution in [3.63, 3.8) is 0 Å². The number of hydrogen-bond acceptors (Lipinski definition) is 6. The van der Waals surface area contributed by atoms with E-state index in [1.807, 2.05) is 43.3 Å². The number of piperidine rings is 1. The van der Waals surface area contributed by atoms with Crippen LogP contribution in [0.2, 0.25) is 10.0 Å². The number of hydrogen-bond donors (Lipinski definition) is 2. The van der Waals surface area contributed by atoms with Gasteiger partial charge in [0.15, 0.2) is 0 Å². The molecule has 5 rings (SSSR count). The lowest BCUT2D eigenvalue weighted by Crippen LogP contribution is -2.56. The van der Waals surface area contributed by atoms with Crippen molar-refractivity contribution in [1.82, 2.24) is 19.8 Å². The standard InChI is InChI=1S/C28H34Cl2N6O/c1-18(27-21(12-14-32-27)20-10-11-22(29)23(30)17-20)35-15-6-5-9-26(35)34-28-33-24-7-3-4-8-25(24)36(28)19(2)37-16-13-31/h3-4,7-8,10-11,17-19,21,26-27,32H,5-6,9,12,14-16H2,1-2H3,(H,33,34). The summed E-state index contributed by atoms with van der Waals surface area (Å²) >= 11 is 12.6. The van der Waals surface area contributed by atoms with Gasteiger partial charge in [-0.15, -0.1) is 0 Å². The Labute approximate surface area is 228 Å². The molecule has 5 unspecified atom stereocenters. The molecule has 2 N–H and O–H groups in total. The predicted octanol–water partition coefficient (Wildman–Crippen LogP) is 6.16. The molecule has 2 saturated heterocycles. The number of likely N-dealkylation sites (tertiary alicyclic amines) is 1. The third kappa shape index (κ3) is 5.45. The molecular formula is C28H34Cl2N6O. The summed E-state index contributed by atoms with van der Waals surface area (Å²) in [6, 6.07) is 16.8. The molecule has 0 bridgehead atoms. The molecule has 2 aromatic carbocycles. The first-order valence-corrected chi connectivity index (χ1v) is 13.9. The van der Waals surface area contributed by atoms with Crippen molar-refractivity contribution in [1.29, 1.82) is 5.26 Å². The smallest absolute Gasteiger partial charge is 0.207 e. The second-order valence-corrected chi connectivity index (χ2v) is 10.9. The number of anilines is 1. The highest BCUT2D eigenvalue weighted by atomic mass is 35.5. The van der Waals surface area contributed by atoms with Crippen molar-refractivity contribution < 1.29 is 4.74 Å². The van der Waals surface area contributed by atoms with Crippen LogP contribution in [0.5, 0.6) is 0 Å². The first kappa shape index (κ1) is 26.3. The molecule has 0 spiro atoms. The van der Waals surface area contributed by atoms with Crippen molar-refractivity contribution >= 4 is 40.2 Å². The van der Waals surface area contributed by atoms with Crippen molar-refractivity contribution in [3.8, 4) is 6.07 Å². The van der Waals surface area contributed by atoms with Crippen molar-refractivity contribution in [2.45, 2.75) is 69.9 Å². The summed E-state index contributed by atoms with van der Waals surface area (Å²) in [6.45, 7) is 6.32. The van der Waals surface area contributed by atoms with Gasteiger partial charge in [0.05, 0.1) is 33.3 Å². The zero-order valence-electron chi connectivity index (χ0n) is 21.3. The summed E-state index contributed by atoms with van der Waals surface area (Å²) < 4.78 is 7.85. The molecule has 9 heteroatoms. The summed E-state index contributed by atoms with van der Waals surface area (Å²) in [7, 11) is 0. The van der Waals surface area contributed by atoms with Gasteiger partial charge in [-0.3, -0.25) is 9.47 Å². The van der Waals surface area contributed by atoms with E-state index < -0.39 is 0 Å². The van der Waals surface area contributed by atoms with E-state index in [1.54, 1.807) is 0 Å². The number of halogens is 2. The molecule has 0 amide bonds. The van der Waals surface area contributed by atoms with Gasteiger partial charge < -0.3 is 15.4 Å². The molecule has 2 aliphatic heterocycles. The maximum atomic E-state index is 9.05. The number of imidazole rings is 1. The number of nitrogens with zero attached hydrogens (tertiary/aromatic N) is 4. The van der Waals surface area contributed by atoms with E-state index >= 15 is 0 Å². The average Bonchev–Trinajstić information content (AvgIpc) is 3.54. The lowest BCUT2D eigenvalue weighted by atomic mass is 9.87. The number of nitrogens with one attached hydrogen (secondary N) is 2. The van der Waals surface area contributed by atoms with Gasteiger partial charge in [0.25, 0.3) is 0 Å². The van der Waals surface area contributed by atoms with Gasteiger partial charge >= 0.3 is 0 Å². The van der Waals surface area contributed by atoms with E-state index in [0.717, 1.165) is 49.3 Å². The Morgan fingerprint density at radius 3 is 2.81 bits per heavy atom. The van der Waals surface area contributed by atoms with E-state index in [9.17, 15) is 0 Å². The Morgan fingerprint density at radius 2 is 2.00 bits per heavy atom. The summed E-state index contributed by atoms with van der Waals surface area (Å²) in [5.41, 5.74) is 3.14. The van der Waals surface area contributed by atoms with E-state index in [-0.39, 0.29) is 19.0 Å². The second kappa shape index (κ2) is 11.6. The first-order valence-electron chi connectivity index (χ1n) is 13.1. The first-order chi connectivity index (χ1) is 18.0. The van der Waals surface area contributed by atoms with Gasteiger partial charge in [-0.2, -0.15) is 5.26 Å².